The molecule has 2 amide bonds. The molecule has 138 valence electrons. The molecular weight excluding hydrogens is 430 g/mol. The Morgan fingerprint density at radius 2 is 1.78 bits per heavy atom. The maximum absolute atomic E-state index is 12.6. The average Bonchev–Trinajstić information content (AvgIpc) is 2.66. The molecule has 1 aromatic heterocycles. The van der Waals surface area contributed by atoms with E-state index in [1.807, 2.05) is 31.2 Å². The number of thiol groups is 1. The molecule has 2 aromatic carbocycles. The van der Waals surface area contributed by atoms with Gasteiger partial charge in [-0.2, -0.15) is 0 Å². The molecule has 1 atom stereocenters. The van der Waals surface area contributed by atoms with Gasteiger partial charge in [-0.1, -0.05) is 65.1 Å². The second kappa shape index (κ2) is 7.98. The van der Waals surface area contributed by atoms with Gasteiger partial charge in [-0.3, -0.25) is 0 Å². The number of carboxylic acid groups (broad SMARTS) is 1. The number of rotatable bonds is 4. The van der Waals surface area contributed by atoms with Crippen molar-refractivity contribution in [2.75, 3.05) is 4.31 Å². The molecule has 0 aliphatic carbocycles. The summed E-state index contributed by atoms with van der Waals surface area (Å²) in [5, 5.41) is 13.2. The normalized spacial score (nSPS) is 11.8. The smallest absolute Gasteiger partial charge is 0.355 e. The van der Waals surface area contributed by atoms with Gasteiger partial charge in [-0.15, -0.1) is 0 Å². The van der Waals surface area contributed by atoms with Crippen molar-refractivity contribution in [1.82, 2.24) is 10.3 Å². The number of aromatic nitrogens is 1. The number of carboxylic acids is 1. The van der Waals surface area contributed by atoms with Crippen LogP contribution in [0.4, 0.5) is 10.5 Å². The highest BCUT2D eigenvalue weighted by atomic mass is 79.9. The number of urea groups is 1. The van der Waals surface area contributed by atoms with Gasteiger partial charge in [0.2, 0.25) is 0 Å². The van der Waals surface area contributed by atoms with Crippen LogP contribution in [0.2, 0.25) is 0 Å². The molecule has 0 spiro atoms. The summed E-state index contributed by atoms with van der Waals surface area (Å²) in [7, 11) is 0. The molecule has 0 aliphatic rings. The second-order valence-electron chi connectivity index (χ2n) is 5.88. The minimum Gasteiger partial charge on any atom is -0.476 e. The average molecular weight is 446 g/mol. The van der Waals surface area contributed by atoms with Gasteiger partial charge in [0.1, 0.15) is 0 Å². The van der Waals surface area contributed by atoms with Crippen LogP contribution in [0.3, 0.4) is 0 Å². The van der Waals surface area contributed by atoms with E-state index >= 15 is 0 Å². The van der Waals surface area contributed by atoms with Gasteiger partial charge in [-0.25, -0.2) is 18.9 Å². The number of hydrogen-bond donors (Lipinski definition) is 3. The van der Waals surface area contributed by atoms with Crippen molar-refractivity contribution in [3.63, 3.8) is 0 Å². The number of hydrogen-bond acceptors (Lipinski definition) is 4. The van der Waals surface area contributed by atoms with Crippen LogP contribution in [0.15, 0.2) is 59.2 Å². The summed E-state index contributed by atoms with van der Waals surface area (Å²) in [6, 6.07) is 13.8. The highest BCUT2D eigenvalue weighted by Gasteiger charge is 2.20. The SMILES string of the molecule is C[C@H](NC(=O)N(S)c1cnc(C(=O)O)c2ccccc12)c1ccc(Br)cc1. The van der Waals surface area contributed by atoms with Crippen LogP contribution in [0.25, 0.3) is 10.8 Å². The Balaban J connectivity index is 1.88. The van der Waals surface area contributed by atoms with Crippen LogP contribution >= 0.6 is 28.7 Å². The van der Waals surface area contributed by atoms with E-state index in [4.69, 9.17) is 0 Å². The molecule has 3 aromatic rings. The van der Waals surface area contributed by atoms with E-state index in [9.17, 15) is 14.7 Å². The number of anilines is 1. The first-order chi connectivity index (χ1) is 12.9. The predicted octanol–water partition coefficient (Wildman–Crippen LogP) is 4.82. The van der Waals surface area contributed by atoms with E-state index < -0.39 is 12.0 Å². The predicted molar refractivity (Wildman–Crippen MR) is 111 cm³/mol. The summed E-state index contributed by atoms with van der Waals surface area (Å²) >= 11 is 7.69. The van der Waals surface area contributed by atoms with Gasteiger partial charge in [-0.05, 0) is 24.6 Å². The third kappa shape index (κ3) is 4.06. The molecule has 1 heterocycles. The molecule has 0 radical (unpaired) electrons. The summed E-state index contributed by atoms with van der Waals surface area (Å²) < 4.78 is 2.09. The summed E-state index contributed by atoms with van der Waals surface area (Å²) in [5.74, 6) is -1.13. The van der Waals surface area contributed by atoms with Crippen molar-refractivity contribution in [2.45, 2.75) is 13.0 Å². The number of aromatic carboxylic acids is 1. The molecule has 3 rings (SSSR count). The molecule has 27 heavy (non-hydrogen) atoms. The Bertz CT molecular complexity index is 1010. The summed E-state index contributed by atoms with van der Waals surface area (Å²) in [6.07, 6.45) is 1.34. The zero-order valence-electron chi connectivity index (χ0n) is 14.3. The van der Waals surface area contributed by atoms with Crippen molar-refractivity contribution in [1.29, 1.82) is 0 Å². The molecule has 0 bridgehead atoms. The lowest BCUT2D eigenvalue weighted by atomic mass is 10.1. The minimum atomic E-state index is -1.13. The summed E-state index contributed by atoms with van der Waals surface area (Å²) in [4.78, 5) is 28.0. The van der Waals surface area contributed by atoms with Gasteiger partial charge < -0.3 is 10.4 Å². The standard InChI is InChI=1S/C19H16BrN3O3S/c1-11(12-6-8-13(20)9-7-12)22-19(26)23(27)16-10-21-17(18(24)25)15-5-3-2-4-14(15)16/h2-11,27H,1H3,(H,22,26)(H,24,25)/t11-/m0/s1. The number of fused-ring (bicyclic) bond motifs is 1. The molecule has 0 fully saturated rings. The number of halogens is 1. The number of carbonyl (C=O) groups is 2. The van der Waals surface area contributed by atoms with Crippen LogP contribution < -0.4 is 9.62 Å². The fourth-order valence-electron chi connectivity index (χ4n) is 2.71. The Hall–Kier alpha value is -2.58. The largest absolute Gasteiger partial charge is 0.476 e. The third-order valence-electron chi connectivity index (χ3n) is 4.11. The van der Waals surface area contributed by atoms with Gasteiger partial charge in [0.25, 0.3) is 0 Å². The van der Waals surface area contributed by atoms with Gasteiger partial charge >= 0.3 is 12.0 Å². The number of amides is 2. The van der Waals surface area contributed by atoms with Crippen LogP contribution in [-0.2, 0) is 0 Å². The van der Waals surface area contributed by atoms with E-state index in [2.05, 4.69) is 39.0 Å². The zero-order valence-corrected chi connectivity index (χ0v) is 16.7. The van der Waals surface area contributed by atoms with Crippen LogP contribution in [0.5, 0.6) is 0 Å². The lowest BCUT2D eigenvalue weighted by Crippen LogP contribution is -2.36. The number of pyridine rings is 1. The minimum absolute atomic E-state index is 0.0697. The molecular formula is C19H16BrN3O3S. The summed E-state index contributed by atoms with van der Waals surface area (Å²) in [6.45, 7) is 1.87. The molecule has 0 saturated heterocycles. The molecule has 0 aliphatic heterocycles. The monoisotopic (exact) mass is 445 g/mol. The van der Waals surface area contributed by atoms with Crippen molar-refractivity contribution in [2.24, 2.45) is 0 Å². The fraction of sp³-hybridized carbons (Fsp3) is 0.105. The fourth-order valence-corrected chi connectivity index (χ4v) is 3.19. The molecule has 8 heteroatoms. The molecule has 6 nitrogen and oxygen atoms in total. The highest BCUT2D eigenvalue weighted by Crippen LogP contribution is 2.29. The second-order valence-corrected chi connectivity index (χ2v) is 7.19. The van der Waals surface area contributed by atoms with Crippen LogP contribution in [-0.4, -0.2) is 22.1 Å². The Morgan fingerprint density at radius 1 is 1.15 bits per heavy atom. The summed E-state index contributed by atoms with van der Waals surface area (Å²) in [5.41, 5.74) is 1.27. The first kappa shape index (κ1) is 19.2. The topological polar surface area (TPSA) is 82.5 Å². The highest BCUT2D eigenvalue weighted by molar-refractivity contribution is 9.10. The van der Waals surface area contributed by atoms with E-state index in [1.165, 1.54) is 6.20 Å². The maximum atomic E-state index is 12.6. The lowest BCUT2D eigenvalue weighted by molar-refractivity contribution is 0.0693. The van der Waals surface area contributed by atoms with Crippen molar-refractivity contribution >= 4 is 57.2 Å². The van der Waals surface area contributed by atoms with E-state index in [-0.39, 0.29) is 11.7 Å². The van der Waals surface area contributed by atoms with Gasteiger partial charge in [0.15, 0.2) is 5.69 Å². The van der Waals surface area contributed by atoms with E-state index in [1.54, 1.807) is 24.3 Å². The van der Waals surface area contributed by atoms with Gasteiger partial charge in [0.05, 0.1) is 17.9 Å². The van der Waals surface area contributed by atoms with Crippen LogP contribution in [0.1, 0.15) is 29.0 Å². The first-order valence-electron chi connectivity index (χ1n) is 8.04. The Labute approximate surface area is 169 Å². The molecule has 0 saturated carbocycles. The number of carbonyl (C=O) groups excluding carboxylic acids is 1. The quantitative estimate of drug-likeness (QED) is 0.502. The van der Waals surface area contributed by atoms with Crippen molar-refractivity contribution in [3.05, 3.63) is 70.5 Å². The number of benzene rings is 2. The van der Waals surface area contributed by atoms with Gasteiger partial charge in [0, 0.05) is 15.2 Å². The third-order valence-corrected chi connectivity index (χ3v) is 5.03. The first-order valence-corrected chi connectivity index (χ1v) is 9.23. The van der Waals surface area contributed by atoms with E-state index in [0.717, 1.165) is 14.3 Å². The molecule has 0 unspecified atom stereocenters. The lowest BCUT2D eigenvalue weighted by Gasteiger charge is -2.22. The zero-order chi connectivity index (χ0) is 19.6. The Morgan fingerprint density at radius 3 is 2.41 bits per heavy atom. The van der Waals surface area contributed by atoms with Crippen LogP contribution in [0, 0.1) is 0 Å². The Kier molecular flexibility index (Phi) is 5.67. The van der Waals surface area contributed by atoms with E-state index in [0.29, 0.717) is 16.5 Å². The number of nitrogens with zero attached hydrogens (tertiary/aromatic N) is 2. The van der Waals surface area contributed by atoms with Crippen molar-refractivity contribution in [3.8, 4) is 0 Å². The van der Waals surface area contributed by atoms with Crippen molar-refractivity contribution < 1.29 is 14.7 Å². The maximum Gasteiger partial charge on any atom is 0.355 e. The number of nitrogens with one attached hydrogen (secondary N) is 1. The molecule has 2 N–H and O–H groups in total.